The monoisotopic (exact) mass is 539 g/mol. The number of nitrogens with one attached hydrogen (secondary N) is 2. The third-order valence-corrected chi connectivity index (χ3v) is 8.21. The van der Waals surface area contributed by atoms with Crippen molar-refractivity contribution in [2.75, 3.05) is 49.1 Å². The Morgan fingerprint density at radius 1 is 1.05 bits per heavy atom. The van der Waals surface area contributed by atoms with Crippen LogP contribution in [0.1, 0.15) is 12.0 Å². The molecule has 2 saturated heterocycles. The summed E-state index contributed by atoms with van der Waals surface area (Å²) in [6.07, 6.45) is 2.99. The van der Waals surface area contributed by atoms with Crippen LogP contribution in [0, 0.1) is 0 Å². The molecule has 10 heteroatoms. The van der Waals surface area contributed by atoms with Crippen LogP contribution in [0.2, 0.25) is 5.02 Å². The first-order valence-corrected chi connectivity index (χ1v) is 13.8. The number of fused-ring (bicyclic) bond motifs is 1. The predicted molar refractivity (Wildman–Crippen MR) is 148 cm³/mol. The summed E-state index contributed by atoms with van der Waals surface area (Å²) in [4.78, 5) is 43.6. The first-order chi connectivity index (χ1) is 18.0. The SMILES string of the molecule is O=C(Cc1ccc(N2C(=O)NC3C=CSC3C2=O)cc1)NCCCN1CCN(c2cccc(Cl)c2)CC1. The summed E-state index contributed by atoms with van der Waals surface area (Å²) < 4.78 is 0. The zero-order chi connectivity index (χ0) is 25.8. The van der Waals surface area contributed by atoms with Crippen molar-refractivity contribution >= 4 is 52.6 Å². The molecule has 0 aromatic heterocycles. The molecule has 0 spiro atoms. The molecule has 2 atom stereocenters. The van der Waals surface area contributed by atoms with Crippen molar-refractivity contribution < 1.29 is 14.4 Å². The van der Waals surface area contributed by atoms with Gasteiger partial charge < -0.3 is 15.5 Å². The second-order valence-corrected chi connectivity index (χ2v) is 10.9. The van der Waals surface area contributed by atoms with Crippen molar-refractivity contribution in [3.05, 3.63) is 70.6 Å². The average molecular weight is 540 g/mol. The topological polar surface area (TPSA) is 85.0 Å². The number of urea groups is 1. The quantitative estimate of drug-likeness (QED) is 0.501. The van der Waals surface area contributed by atoms with E-state index in [2.05, 4.69) is 26.5 Å². The van der Waals surface area contributed by atoms with Crippen LogP contribution in [0.4, 0.5) is 16.2 Å². The van der Waals surface area contributed by atoms with E-state index in [1.165, 1.54) is 16.7 Å². The van der Waals surface area contributed by atoms with Gasteiger partial charge >= 0.3 is 6.03 Å². The summed E-state index contributed by atoms with van der Waals surface area (Å²) in [7, 11) is 0. The van der Waals surface area contributed by atoms with E-state index in [1.54, 1.807) is 24.3 Å². The van der Waals surface area contributed by atoms with Crippen LogP contribution >= 0.6 is 23.4 Å². The molecule has 194 valence electrons. The fraction of sp³-hybridized carbons (Fsp3) is 0.370. The van der Waals surface area contributed by atoms with Gasteiger partial charge in [0.1, 0.15) is 5.25 Å². The number of hydrogen-bond donors (Lipinski definition) is 2. The Morgan fingerprint density at radius 3 is 2.59 bits per heavy atom. The number of nitrogens with zero attached hydrogens (tertiary/aromatic N) is 3. The maximum atomic E-state index is 12.8. The lowest BCUT2D eigenvalue weighted by Crippen LogP contribution is -2.60. The molecule has 5 rings (SSSR count). The Morgan fingerprint density at radius 2 is 1.84 bits per heavy atom. The van der Waals surface area contributed by atoms with Gasteiger partial charge in [-0.25, -0.2) is 9.69 Å². The molecule has 2 aromatic carbocycles. The molecule has 2 aromatic rings. The second kappa shape index (κ2) is 11.6. The fourth-order valence-electron chi connectivity index (χ4n) is 4.86. The van der Waals surface area contributed by atoms with Crippen LogP contribution in [-0.4, -0.2) is 73.3 Å². The number of amides is 4. The van der Waals surface area contributed by atoms with Crippen molar-refractivity contribution in [2.45, 2.75) is 24.1 Å². The number of hydrogen-bond acceptors (Lipinski definition) is 6. The van der Waals surface area contributed by atoms with E-state index in [9.17, 15) is 14.4 Å². The summed E-state index contributed by atoms with van der Waals surface area (Å²) in [5, 5.41) is 8.14. The molecular formula is C27H30ClN5O3S. The van der Waals surface area contributed by atoms with E-state index < -0.39 is 6.03 Å². The minimum atomic E-state index is -0.422. The van der Waals surface area contributed by atoms with Gasteiger partial charge in [-0.1, -0.05) is 35.9 Å². The lowest BCUT2D eigenvalue weighted by Gasteiger charge is -2.36. The minimum absolute atomic E-state index is 0.0402. The van der Waals surface area contributed by atoms with E-state index in [0.717, 1.165) is 55.4 Å². The molecule has 3 heterocycles. The maximum Gasteiger partial charge on any atom is 0.329 e. The van der Waals surface area contributed by atoms with Crippen molar-refractivity contribution in [2.24, 2.45) is 0 Å². The third kappa shape index (κ3) is 6.11. The van der Waals surface area contributed by atoms with Crippen LogP contribution < -0.4 is 20.4 Å². The van der Waals surface area contributed by atoms with Crippen molar-refractivity contribution in [1.29, 1.82) is 0 Å². The van der Waals surface area contributed by atoms with Gasteiger partial charge in [-0.2, -0.15) is 0 Å². The van der Waals surface area contributed by atoms with Gasteiger partial charge in [0.15, 0.2) is 0 Å². The number of carbonyl (C=O) groups excluding carboxylic acids is 3. The van der Waals surface area contributed by atoms with Gasteiger partial charge in [0.2, 0.25) is 5.91 Å². The first kappa shape index (κ1) is 25.6. The number of anilines is 2. The van der Waals surface area contributed by atoms with Gasteiger partial charge in [-0.05, 0) is 54.3 Å². The molecule has 37 heavy (non-hydrogen) atoms. The van der Waals surface area contributed by atoms with Crippen molar-refractivity contribution in [3.63, 3.8) is 0 Å². The lowest BCUT2D eigenvalue weighted by atomic mass is 10.1. The number of piperazine rings is 1. The highest BCUT2D eigenvalue weighted by molar-refractivity contribution is 8.03. The van der Waals surface area contributed by atoms with Crippen LogP contribution in [0.3, 0.4) is 0 Å². The van der Waals surface area contributed by atoms with Gasteiger partial charge in [0, 0.05) is 43.4 Å². The molecule has 0 bridgehead atoms. The zero-order valence-corrected chi connectivity index (χ0v) is 22.0. The van der Waals surface area contributed by atoms with E-state index in [4.69, 9.17) is 11.6 Å². The fourth-order valence-corrected chi connectivity index (χ4v) is 6.02. The second-order valence-electron chi connectivity index (χ2n) is 9.39. The Balaban J connectivity index is 1.02. The van der Waals surface area contributed by atoms with Gasteiger partial charge in [-0.3, -0.25) is 14.5 Å². The summed E-state index contributed by atoms with van der Waals surface area (Å²) in [5.41, 5.74) is 2.50. The van der Waals surface area contributed by atoms with E-state index in [1.807, 2.05) is 29.7 Å². The van der Waals surface area contributed by atoms with E-state index in [-0.39, 0.29) is 29.5 Å². The molecule has 0 saturated carbocycles. The number of thioether (sulfide) groups is 1. The number of imide groups is 1. The minimum Gasteiger partial charge on any atom is -0.369 e. The molecule has 2 N–H and O–H groups in total. The summed E-state index contributed by atoms with van der Waals surface area (Å²) >= 11 is 7.53. The molecule has 0 radical (unpaired) electrons. The van der Waals surface area contributed by atoms with Gasteiger partial charge in [0.25, 0.3) is 5.91 Å². The van der Waals surface area contributed by atoms with Crippen LogP contribution in [-0.2, 0) is 16.0 Å². The average Bonchev–Trinajstić information content (AvgIpc) is 3.37. The zero-order valence-electron chi connectivity index (χ0n) is 20.4. The molecule has 2 unspecified atom stereocenters. The molecule has 3 aliphatic heterocycles. The molecule has 0 aliphatic carbocycles. The number of halogens is 1. The Bertz CT molecular complexity index is 1180. The molecular weight excluding hydrogens is 510 g/mol. The predicted octanol–water partition coefficient (Wildman–Crippen LogP) is 3.26. The van der Waals surface area contributed by atoms with Gasteiger partial charge in [0.05, 0.1) is 18.2 Å². The van der Waals surface area contributed by atoms with Crippen LogP contribution in [0.5, 0.6) is 0 Å². The van der Waals surface area contributed by atoms with Crippen molar-refractivity contribution in [3.8, 4) is 0 Å². The third-order valence-electron chi connectivity index (χ3n) is 6.87. The maximum absolute atomic E-state index is 12.8. The smallest absolute Gasteiger partial charge is 0.329 e. The first-order valence-electron chi connectivity index (χ1n) is 12.5. The molecule has 4 amide bonds. The highest BCUT2D eigenvalue weighted by Crippen LogP contribution is 2.31. The molecule has 2 fully saturated rings. The standard InChI is InChI=1S/C27H30ClN5O3S/c28-20-3-1-4-22(18-20)32-14-12-31(13-15-32)11-2-10-29-24(34)17-19-5-7-21(8-6-19)33-26(35)25-23(9-16-37-25)30-27(33)36/h1,3-9,16,18,23,25H,2,10-15,17H2,(H,29,34)(H,30,36). The summed E-state index contributed by atoms with van der Waals surface area (Å²) in [6, 6.07) is 14.3. The molecule has 3 aliphatic rings. The van der Waals surface area contributed by atoms with Gasteiger partial charge in [-0.15, -0.1) is 11.8 Å². The summed E-state index contributed by atoms with van der Waals surface area (Å²) in [5.74, 6) is -0.262. The Labute approximate surface area is 226 Å². The number of carbonyl (C=O) groups is 3. The van der Waals surface area contributed by atoms with E-state index in [0.29, 0.717) is 12.2 Å². The summed E-state index contributed by atoms with van der Waals surface area (Å²) in [6.45, 7) is 5.47. The Kier molecular flexibility index (Phi) is 8.02. The van der Waals surface area contributed by atoms with Crippen LogP contribution in [0.25, 0.3) is 0 Å². The molecule has 8 nitrogen and oxygen atoms in total. The lowest BCUT2D eigenvalue weighted by molar-refractivity contribution is -0.120. The van der Waals surface area contributed by atoms with Crippen LogP contribution in [0.15, 0.2) is 60.0 Å². The number of rotatable bonds is 8. The Hall–Kier alpha value is -3.01. The largest absolute Gasteiger partial charge is 0.369 e. The highest BCUT2D eigenvalue weighted by atomic mass is 35.5. The highest BCUT2D eigenvalue weighted by Gasteiger charge is 2.42. The normalized spacial score (nSPS) is 21.6. The number of benzene rings is 2. The van der Waals surface area contributed by atoms with E-state index >= 15 is 0 Å². The van der Waals surface area contributed by atoms with Crippen molar-refractivity contribution in [1.82, 2.24) is 15.5 Å².